The van der Waals surface area contributed by atoms with Crippen LogP contribution in [0.3, 0.4) is 0 Å². The molecule has 80 valence electrons. The fourth-order valence-electron chi connectivity index (χ4n) is 1.80. The molecule has 0 unspecified atom stereocenters. The predicted octanol–water partition coefficient (Wildman–Crippen LogP) is 0.300. The van der Waals surface area contributed by atoms with Crippen molar-refractivity contribution in [1.29, 1.82) is 0 Å². The monoisotopic (exact) mass is 225 g/mol. The molecule has 0 bridgehead atoms. The zero-order chi connectivity index (χ0) is 10.5. The summed E-state index contributed by atoms with van der Waals surface area (Å²) >= 11 is 0. The summed E-state index contributed by atoms with van der Waals surface area (Å²) < 4.78 is 25.9. The van der Waals surface area contributed by atoms with Crippen LogP contribution in [0.1, 0.15) is 12.8 Å². The lowest BCUT2D eigenvalue weighted by Gasteiger charge is -2.29. The second-order valence-corrected chi connectivity index (χ2v) is 5.57. The molecule has 2 heterocycles. The Morgan fingerprint density at radius 2 is 2.27 bits per heavy atom. The van der Waals surface area contributed by atoms with Gasteiger partial charge in [-0.15, -0.1) is 0 Å². The minimum absolute atomic E-state index is 0.295. The number of anilines is 1. The third kappa shape index (κ3) is 1.40. The maximum Gasteiger partial charge on any atom is 0.245 e. The maximum absolute atomic E-state index is 11.7. The van der Waals surface area contributed by atoms with Gasteiger partial charge in [-0.3, -0.25) is 0 Å². The van der Waals surface area contributed by atoms with Crippen LogP contribution in [0, 0.1) is 0 Å². The average molecular weight is 225 g/mol. The summed E-state index contributed by atoms with van der Waals surface area (Å²) in [5.74, 6) is 0.596. The van der Waals surface area contributed by atoms with E-state index in [9.17, 15) is 8.42 Å². The van der Waals surface area contributed by atoms with Crippen LogP contribution in [0.2, 0.25) is 0 Å². The highest BCUT2D eigenvalue weighted by Gasteiger charge is 2.37. The first-order valence-corrected chi connectivity index (χ1v) is 6.38. The first kappa shape index (κ1) is 9.11. The van der Waals surface area contributed by atoms with E-state index in [1.54, 1.807) is 18.3 Å². The second kappa shape index (κ2) is 2.93. The van der Waals surface area contributed by atoms with Crippen LogP contribution in [0.25, 0.3) is 0 Å². The van der Waals surface area contributed by atoms with E-state index in [0.717, 1.165) is 12.8 Å². The number of pyridine rings is 1. The maximum atomic E-state index is 11.7. The van der Waals surface area contributed by atoms with Crippen molar-refractivity contribution in [2.75, 3.05) is 11.6 Å². The van der Waals surface area contributed by atoms with E-state index in [1.807, 2.05) is 4.90 Å². The quantitative estimate of drug-likeness (QED) is 0.746. The van der Waals surface area contributed by atoms with Gasteiger partial charge in [0, 0.05) is 12.2 Å². The molecule has 0 spiro atoms. The SMILES string of the molecule is O=S1(=O)NCN(C2CC2)c2ncccc21. The first-order valence-electron chi connectivity index (χ1n) is 4.90. The lowest BCUT2D eigenvalue weighted by Crippen LogP contribution is -2.44. The number of fused-ring (bicyclic) bond motifs is 1. The fourth-order valence-corrected chi connectivity index (χ4v) is 2.94. The van der Waals surface area contributed by atoms with Gasteiger partial charge < -0.3 is 4.90 Å². The van der Waals surface area contributed by atoms with E-state index >= 15 is 0 Å². The van der Waals surface area contributed by atoms with Gasteiger partial charge in [-0.2, -0.15) is 4.72 Å². The Labute approximate surface area is 88.2 Å². The number of aromatic nitrogens is 1. The highest BCUT2D eigenvalue weighted by Crippen LogP contribution is 2.35. The van der Waals surface area contributed by atoms with Gasteiger partial charge in [0.05, 0.1) is 6.67 Å². The Hall–Kier alpha value is -1.14. The lowest BCUT2D eigenvalue weighted by molar-refractivity contribution is 0.568. The first-order chi connectivity index (χ1) is 7.18. The minimum atomic E-state index is -3.33. The molecule has 2 aliphatic rings. The molecule has 0 aromatic carbocycles. The molecule has 15 heavy (non-hydrogen) atoms. The summed E-state index contributed by atoms with van der Waals surface area (Å²) in [5.41, 5.74) is 0. The second-order valence-electron chi connectivity index (χ2n) is 3.83. The van der Waals surface area contributed by atoms with Gasteiger partial charge in [0.2, 0.25) is 10.0 Å². The predicted molar refractivity (Wildman–Crippen MR) is 54.9 cm³/mol. The molecule has 0 radical (unpaired) electrons. The van der Waals surface area contributed by atoms with Gasteiger partial charge >= 0.3 is 0 Å². The standard InChI is InChI=1S/C9H11N3O2S/c13-15(14)8-2-1-5-10-9(8)12(6-11-15)7-3-4-7/h1-2,5,7,11H,3-4,6H2. The van der Waals surface area contributed by atoms with E-state index in [0.29, 0.717) is 23.4 Å². The van der Waals surface area contributed by atoms with Gasteiger partial charge in [0.15, 0.2) is 0 Å². The number of hydrogen-bond acceptors (Lipinski definition) is 4. The highest BCUT2D eigenvalue weighted by atomic mass is 32.2. The third-order valence-corrected chi connectivity index (χ3v) is 4.13. The smallest absolute Gasteiger partial charge is 0.245 e. The molecule has 1 saturated carbocycles. The Morgan fingerprint density at radius 1 is 1.47 bits per heavy atom. The number of sulfonamides is 1. The fraction of sp³-hybridized carbons (Fsp3) is 0.444. The normalized spacial score (nSPS) is 23.6. The summed E-state index contributed by atoms with van der Waals surface area (Å²) in [5, 5.41) is 0. The topological polar surface area (TPSA) is 62.3 Å². The minimum Gasteiger partial charge on any atom is -0.339 e. The number of rotatable bonds is 1. The lowest BCUT2D eigenvalue weighted by atomic mass is 10.4. The molecule has 5 nitrogen and oxygen atoms in total. The van der Waals surface area contributed by atoms with Crippen molar-refractivity contribution in [3.05, 3.63) is 18.3 Å². The van der Waals surface area contributed by atoms with Gasteiger partial charge in [-0.05, 0) is 25.0 Å². The summed E-state index contributed by atoms with van der Waals surface area (Å²) in [7, 11) is -3.33. The Bertz CT molecular complexity index is 496. The molecule has 1 aliphatic heterocycles. The van der Waals surface area contributed by atoms with Gasteiger partial charge in [-0.1, -0.05) is 0 Å². The molecular weight excluding hydrogens is 214 g/mol. The van der Waals surface area contributed by atoms with E-state index < -0.39 is 10.0 Å². The zero-order valence-corrected chi connectivity index (χ0v) is 8.87. The van der Waals surface area contributed by atoms with Gasteiger partial charge in [0.25, 0.3) is 0 Å². The summed E-state index contributed by atoms with van der Waals surface area (Å²) in [4.78, 5) is 6.48. The van der Waals surface area contributed by atoms with Crippen LogP contribution >= 0.6 is 0 Å². The number of hydrogen-bond donors (Lipinski definition) is 1. The molecule has 0 atom stereocenters. The average Bonchev–Trinajstić information content (AvgIpc) is 3.02. The van der Waals surface area contributed by atoms with Crippen molar-refractivity contribution in [2.45, 2.75) is 23.8 Å². The number of nitrogens with one attached hydrogen (secondary N) is 1. The van der Waals surface area contributed by atoms with Crippen molar-refractivity contribution in [3.8, 4) is 0 Å². The molecule has 1 fully saturated rings. The molecule has 1 aromatic heterocycles. The Morgan fingerprint density at radius 3 is 3.00 bits per heavy atom. The van der Waals surface area contributed by atoms with Gasteiger partial charge in [-0.25, -0.2) is 13.4 Å². The van der Waals surface area contributed by atoms with Crippen molar-refractivity contribution in [1.82, 2.24) is 9.71 Å². The molecule has 1 aliphatic carbocycles. The largest absolute Gasteiger partial charge is 0.339 e. The molecule has 0 saturated heterocycles. The van der Waals surface area contributed by atoms with E-state index in [1.165, 1.54) is 0 Å². The van der Waals surface area contributed by atoms with E-state index in [4.69, 9.17) is 0 Å². The van der Waals surface area contributed by atoms with Crippen molar-refractivity contribution < 1.29 is 8.42 Å². The molecule has 3 rings (SSSR count). The molecule has 0 amide bonds. The summed E-state index contributed by atoms with van der Waals surface area (Å²) in [6.07, 6.45) is 3.88. The van der Waals surface area contributed by atoms with Crippen LogP contribution in [0.4, 0.5) is 5.82 Å². The van der Waals surface area contributed by atoms with E-state index in [-0.39, 0.29) is 0 Å². The molecule has 1 aromatic rings. The Kier molecular flexibility index (Phi) is 1.78. The summed E-state index contributed by atoms with van der Waals surface area (Å²) in [6.45, 7) is 0.344. The van der Waals surface area contributed by atoms with Crippen molar-refractivity contribution in [2.24, 2.45) is 0 Å². The van der Waals surface area contributed by atoms with Crippen molar-refractivity contribution in [3.63, 3.8) is 0 Å². The Balaban J connectivity index is 2.15. The van der Waals surface area contributed by atoms with Crippen LogP contribution < -0.4 is 9.62 Å². The highest BCUT2D eigenvalue weighted by molar-refractivity contribution is 7.89. The van der Waals surface area contributed by atoms with Crippen LogP contribution in [-0.2, 0) is 10.0 Å². The zero-order valence-electron chi connectivity index (χ0n) is 8.05. The van der Waals surface area contributed by atoms with Crippen LogP contribution in [0.15, 0.2) is 23.2 Å². The molecule has 6 heteroatoms. The van der Waals surface area contributed by atoms with Gasteiger partial charge in [0.1, 0.15) is 10.7 Å². The van der Waals surface area contributed by atoms with Crippen LogP contribution in [0.5, 0.6) is 0 Å². The van der Waals surface area contributed by atoms with E-state index in [2.05, 4.69) is 9.71 Å². The molecular formula is C9H11N3O2S. The van der Waals surface area contributed by atoms with Crippen molar-refractivity contribution >= 4 is 15.8 Å². The third-order valence-electron chi connectivity index (χ3n) is 2.73. The summed E-state index contributed by atoms with van der Waals surface area (Å²) in [6, 6.07) is 3.70. The molecule has 1 N–H and O–H groups in total. The number of nitrogens with zero attached hydrogens (tertiary/aromatic N) is 2. The van der Waals surface area contributed by atoms with Crippen LogP contribution in [-0.4, -0.2) is 26.1 Å².